The number of thiazole rings is 1. The molecule has 0 unspecified atom stereocenters. The predicted octanol–water partition coefficient (Wildman–Crippen LogP) is 1.71. The lowest BCUT2D eigenvalue weighted by atomic mass is 10.3. The first-order valence-corrected chi connectivity index (χ1v) is 8.37. The van der Waals surface area contributed by atoms with Crippen LogP contribution in [0.3, 0.4) is 0 Å². The monoisotopic (exact) mass is 314 g/mol. The van der Waals surface area contributed by atoms with Gasteiger partial charge in [0, 0.05) is 32.7 Å². The molecule has 0 N–H and O–H groups in total. The molecule has 2 aromatic heterocycles. The first kappa shape index (κ1) is 13.7. The van der Waals surface area contributed by atoms with Gasteiger partial charge in [0.25, 0.3) is 0 Å². The molecule has 7 heteroatoms. The van der Waals surface area contributed by atoms with Crippen LogP contribution in [-0.2, 0) is 6.54 Å². The molecule has 114 valence electrons. The van der Waals surface area contributed by atoms with E-state index in [1.165, 1.54) is 4.70 Å². The number of benzene rings is 1. The molecule has 1 aliphatic heterocycles. The van der Waals surface area contributed by atoms with Crippen LogP contribution in [0.5, 0.6) is 0 Å². The quantitative estimate of drug-likeness (QED) is 0.734. The topological polar surface area (TPSA) is 50.1 Å². The Hall–Kier alpha value is -1.99. The molecular weight excluding hydrogens is 296 g/mol. The maximum absolute atomic E-state index is 4.75. The van der Waals surface area contributed by atoms with Gasteiger partial charge in [0.2, 0.25) is 0 Å². The summed E-state index contributed by atoms with van der Waals surface area (Å²) in [6.07, 6.45) is 3.45. The second-order valence-corrected chi connectivity index (χ2v) is 6.43. The molecule has 0 bridgehead atoms. The van der Waals surface area contributed by atoms with E-state index in [0.717, 1.165) is 49.9 Å². The summed E-state index contributed by atoms with van der Waals surface area (Å²) in [5.41, 5.74) is 1.11. The Morgan fingerprint density at radius 3 is 2.50 bits per heavy atom. The smallest absolute Gasteiger partial charge is 0.186 e. The van der Waals surface area contributed by atoms with Crippen molar-refractivity contribution in [2.75, 3.05) is 37.6 Å². The van der Waals surface area contributed by atoms with Crippen molar-refractivity contribution in [1.29, 1.82) is 0 Å². The molecule has 6 nitrogen and oxygen atoms in total. The molecule has 0 radical (unpaired) electrons. The maximum Gasteiger partial charge on any atom is 0.186 e. The van der Waals surface area contributed by atoms with Crippen LogP contribution in [0, 0.1) is 0 Å². The molecule has 0 aliphatic carbocycles. The van der Waals surface area contributed by atoms with Gasteiger partial charge in [-0.3, -0.25) is 4.90 Å². The number of piperazine rings is 1. The summed E-state index contributed by atoms with van der Waals surface area (Å²) in [4.78, 5) is 11.4. The van der Waals surface area contributed by atoms with Crippen LogP contribution in [0.4, 0.5) is 5.13 Å². The van der Waals surface area contributed by atoms with Crippen molar-refractivity contribution in [3.8, 4) is 0 Å². The SMILES string of the molecule is c1ccc2sc(N3CCN(CCn4nccn4)CC3)nc2c1. The summed E-state index contributed by atoms with van der Waals surface area (Å²) in [5, 5.41) is 9.44. The van der Waals surface area contributed by atoms with Crippen LogP contribution < -0.4 is 4.90 Å². The van der Waals surface area contributed by atoms with Crippen LogP contribution in [-0.4, -0.2) is 57.6 Å². The fourth-order valence-electron chi connectivity index (χ4n) is 2.75. The van der Waals surface area contributed by atoms with E-state index in [0.29, 0.717) is 0 Å². The van der Waals surface area contributed by atoms with Gasteiger partial charge < -0.3 is 4.90 Å². The van der Waals surface area contributed by atoms with Crippen LogP contribution >= 0.6 is 11.3 Å². The van der Waals surface area contributed by atoms with Gasteiger partial charge in [-0.1, -0.05) is 23.5 Å². The molecule has 1 saturated heterocycles. The standard InChI is InChI=1S/C15H18N6S/c1-2-4-14-13(3-1)18-15(22-14)20-10-7-19(8-11-20)9-12-21-16-5-6-17-21/h1-6H,7-12H2. The second kappa shape index (κ2) is 6.02. The fraction of sp³-hybridized carbons (Fsp3) is 0.400. The van der Waals surface area contributed by atoms with E-state index in [2.05, 4.69) is 38.2 Å². The van der Waals surface area contributed by atoms with Crippen LogP contribution in [0.1, 0.15) is 0 Å². The number of fused-ring (bicyclic) bond motifs is 1. The average Bonchev–Trinajstić information content (AvgIpc) is 3.22. The molecule has 0 spiro atoms. The van der Waals surface area contributed by atoms with Gasteiger partial charge in [-0.05, 0) is 12.1 Å². The van der Waals surface area contributed by atoms with Crippen LogP contribution in [0.15, 0.2) is 36.7 Å². The second-order valence-electron chi connectivity index (χ2n) is 5.42. The van der Waals surface area contributed by atoms with Crippen molar-refractivity contribution >= 4 is 26.7 Å². The van der Waals surface area contributed by atoms with Crippen molar-refractivity contribution < 1.29 is 0 Å². The number of aromatic nitrogens is 4. The van der Waals surface area contributed by atoms with Gasteiger partial charge in [-0.2, -0.15) is 15.0 Å². The number of hydrogen-bond acceptors (Lipinski definition) is 6. The maximum atomic E-state index is 4.75. The number of para-hydroxylation sites is 1. The summed E-state index contributed by atoms with van der Waals surface area (Å²) in [7, 11) is 0. The van der Waals surface area contributed by atoms with Gasteiger partial charge >= 0.3 is 0 Å². The minimum atomic E-state index is 0.855. The molecule has 1 aromatic carbocycles. The third-order valence-electron chi connectivity index (χ3n) is 4.01. The third-order valence-corrected chi connectivity index (χ3v) is 5.11. The summed E-state index contributed by atoms with van der Waals surface area (Å²) in [6.45, 7) is 6.06. The van der Waals surface area contributed by atoms with Crippen molar-refractivity contribution in [3.05, 3.63) is 36.7 Å². The van der Waals surface area contributed by atoms with Gasteiger partial charge in [0.05, 0.1) is 29.2 Å². The Morgan fingerprint density at radius 1 is 0.955 bits per heavy atom. The van der Waals surface area contributed by atoms with E-state index in [1.807, 2.05) is 6.07 Å². The summed E-state index contributed by atoms with van der Waals surface area (Å²) in [5.74, 6) is 0. The lowest BCUT2D eigenvalue weighted by Crippen LogP contribution is -2.47. The molecule has 22 heavy (non-hydrogen) atoms. The molecule has 3 aromatic rings. The Bertz CT molecular complexity index is 696. The lowest BCUT2D eigenvalue weighted by Gasteiger charge is -2.34. The molecule has 0 saturated carbocycles. The van der Waals surface area contributed by atoms with E-state index >= 15 is 0 Å². The number of anilines is 1. The molecule has 0 amide bonds. The summed E-state index contributed by atoms with van der Waals surface area (Å²) < 4.78 is 1.27. The highest BCUT2D eigenvalue weighted by atomic mass is 32.1. The van der Waals surface area contributed by atoms with E-state index < -0.39 is 0 Å². The zero-order valence-corrected chi connectivity index (χ0v) is 13.1. The number of nitrogens with zero attached hydrogens (tertiary/aromatic N) is 6. The molecule has 1 fully saturated rings. The average molecular weight is 314 g/mol. The van der Waals surface area contributed by atoms with Gasteiger partial charge in [0.1, 0.15) is 0 Å². The van der Waals surface area contributed by atoms with E-state index in [9.17, 15) is 0 Å². The first-order chi connectivity index (χ1) is 10.9. The Labute approximate surface area is 133 Å². The van der Waals surface area contributed by atoms with Crippen molar-refractivity contribution in [2.45, 2.75) is 6.54 Å². The van der Waals surface area contributed by atoms with Crippen molar-refractivity contribution in [3.63, 3.8) is 0 Å². The van der Waals surface area contributed by atoms with Gasteiger partial charge in [-0.15, -0.1) is 0 Å². The Balaban J connectivity index is 1.35. The highest BCUT2D eigenvalue weighted by Gasteiger charge is 2.19. The van der Waals surface area contributed by atoms with Crippen molar-refractivity contribution in [2.24, 2.45) is 0 Å². The highest BCUT2D eigenvalue weighted by molar-refractivity contribution is 7.22. The van der Waals surface area contributed by atoms with Gasteiger partial charge in [-0.25, -0.2) is 4.98 Å². The number of hydrogen-bond donors (Lipinski definition) is 0. The third kappa shape index (κ3) is 2.82. The van der Waals surface area contributed by atoms with Gasteiger partial charge in [0.15, 0.2) is 5.13 Å². The molecule has 0 atom stereocenters. The Kier molecular flexibility index (Phi) is 3.74. The van der Waals surface area contributed by atoms with E-state index in [1.54, 1.807) is 28.5 Å². The lowest BCUT2D eigenvalue weighted by molar-refractivity contribution is 0.239. The summed E-state index contributed by atoms with van der Waals surface area (Å²) >= 11 is 1.79. The molecule has 1 aliphatic rings. The molecule has 3 heterocycles. The first-order valence-electron chi connectivity index (χ1n) is 7.55. The summed E-state index contributed by atoms with van der Waals surface area (Å²) in [6, 6.07) is 8.35. The molecular formula is C15H18N6S. The zero-order valence-electron chi connectivity index (χ0n) is 12.3. The molecule has 4 rings (SSSR count). The van der Waals surface area contributed by atoms with E-state index in [4.69, 9.17) is 4.98 Å². The highest BCUT2D eigenvalue weighted by Crippen LogP contribution is 2.28. The van der Waals surface area contributed by atoms with Crippen LogP contribution in [0.2, 0.25) is 0 Å². The number of rotatable bonds is 4. The van der Waals surface area contributed by atoms with E-state index in [-0.39, 0.29) is 0 Å². The minimum Gasteiger partial charge on any atom is -0.345 e. The fourth-order valence-corrected chi connectivity index (χ4v) is 3.76. The Morgan fingerprint density at radius 2 is 1.73 bits per heavy atom. The minimum absolute atomic E-state index is 0.855. The van der Waals surface area contributed by atoms with Crippen molar-refractivity contribution in [1.82, 2.24) is 24.9 Å². The zero-order chi connectivity index (χ0) is 14.8. The largest absolute Gasteiger partial charge is 0.345 e. The predicted molar refractivity (Wildman–Crippen MR) is 88.3 cm³/mol. The normalized spacial score (nSPS) is 16.5. The van der Waals surface area contributed by atoms with Crippen LogP contribution in [0.25, 0.3) is 10.2 Å².